The molecule has 0 fully saturated rings. The van der Waals surface area contributed by atoms with Crippen LogP contribution in [0.5, 0.6) is 5.75 Å². The Hall–Kier alpha value is -3.35. The lowest BCUT2D eigenvalue weighted by Crippen LogP contribution is -2.43. The molecular weight excluding hydrogens is 464 g/mol. The van der Waals surface area contributed by atoms with Crippen LogP contribution in [0.25, 0.3) is 0 Å². The number of nitrogen functional groups attached to an aromatic ring is 1. The van der Waals surface area contributed by atoms with Gasteiger partial charge in [0, 0.05) is 5.69 Å². The third kappa shape index (κ3) is 9.56. The number of aryl methyl sites for hydroxylation is 3. The van der Waals surface area contributed by atoms with E-state index >= 15 is 0 Å². The van der Waals surface area contributed by atoms with Crippen LogP contribution in [0.2, 0.25) is 0 Å². The summed E-state index contributed by atoms with van der Waals surface area (Å²) in [5.74, 6) is 0.0102. The largest absolute Gasteiger partial charge is 0.508 e. The molecule has 0 amide bonds. The van der Waals surface area contributed by atoms with Crippen LogP contribution < -0.4 is 11.1 Å². The first-order chi connectivity index (χ1) is 17.8. The van der Waals surface area contributed by atoms with E-state index in [1.54, 1.807) is 12.1 Å². The van der Waals surface area contributed by atoms with Gasteiger partial charge in [0.05, 0.1) is 13.3 Å². The first-order valence-electron chi connectivity index (χ1n) is 13.0. The van der Waals surface area contributed by atoms with Crippen molar-refractivity contribution < 1.29 is 19.4 Å². The Morgan fingerprint density at radius 1 is 0.946 bits per heavy atom. The van der Waals surface area contributed by atoms with E-state index in [-0.39, 0.29) is 18.4 Å². The summed E-state index contributed by atoms with van der Waals surface area (Å²) in [7, 11) is 0. The second-order valence-electron chi connectivity index (χ2n) is 10.0. The molecule has 3 rings (SSSR count). The van der Waals surface area contributed by atoms with E-state index in [4.69, 9.17) is 15.2 Å². The van der Waals surface area contributed by atoms with Crippen LogP contribution in [0.15, 0.2) is 72.8 Å². The summed E-state index contributed by atoms with van der Waals surface area (Å²) in [6.45, 7) is 6.50. The maximum absolute atomic E-state index is 12.9. The lowest BCUT2D eigenvalue weighted by Gasteiger charge is -2.27. The van der Waals surface area contributed by atoms with Crippen molar-refractivity contribution in [2.75, 3.05) is 12.5 Å². The summed E-state index contributed by atoms with van der Waals surface area (Å²) in [5, 5.41) is 12.7. The number of phenolic OH excluding ortho intramolecular Hbond substituents is 1. The van der Waals surface area contributed by atoms with Gasteiger partial charge in [0.15, 0.2) is 0 Å². The quantitative estimate of drug-likeness (QED) is 0.115. The van der Waals surface area contributed by atoms with Gasteiger partial charge in [-0.2, -0.15) is 0 Å². The molecule has 198 valence electrons. The monoisotopic (exact) mass is 504 g/mol. The fourth-order valence-electron chi connectivity index (χ4n) is 3.91. The summed E-state index contributed by atoms with van der Waals surface area (Å²) in [6, 6.07) is 22.8. The number of aromatic hydroxyl groups is 1. The highest BCUT2D eigenvalue weighted by Crippen LogP contribution is 2.19. The lowest BCUT2D eigenvalue weighted by molar-refractivity contribution is -0.160. The zero-order valence-corrected chi connectivity index (χ0v) is 22.2. The van der Waals surface area contributed by atoms with Gasteiger partial charge < -0.3 is 20.3 Å². The van der Waals surface area contributed by atoms with E-state index in [1.165, 1.54) is 5.56 Å². The van der Waals surface area contributed by atoms with Crippen molar-refractivity contribution in [1.82, 2.24) is 5.32 Å². The first-order valence-corrected chi connectivity index (χ1v) is 13.0. The Morgan fingerprint density at radius 2 is 1.62 bits per heavy atom. The topological polar surface area (TPSA) is 93.8 Å². The fraction of sp³-hybridized carbons (Fsp3) is 0.387. The van der Waals surface area contributed by atoms with Crippen LogP contribution in [-0.2, 0) is 40.1 Å². The normalized spacial score (nSPS) is 12.3. The van der Waals surface area contributed by atoms with Gasteiger partial charge >= 0.3 is 5.97 Å². The maximum Gasteiger partial charge on any atom is 0.323 e. The van der Waals surface area contributed by atoms with E-state index < -0.39 is 11.6 Å². The Morgan fingerprint density at radius 3 is 2.32 bits per heavy atom. The lowest BCUT2D eigenvalue weighted by atomic mass is 10.0. The van der Waals surface area contributed by atoms with Gasteiger partial charge in [-0.05, 0) is 86.4 Å². The minimum absolute atomic E-state index is 0.230. The molecule has 6 heteroatoms. The summed E-state index contributed by atoms with van der Waals surface area (Å²) in [6.07, 6.45) is 3.75. The molecule has 6 nitrogen and oxygen atoms in total. The molecule has 0 heterocycles. The number of carbonyl (C=O) groups excluding carboxylic acids is 1. The number of ether oxygens (including phenoxy) is 2. The standard InChI is InChI=1S/C31H40N2O4/c1-4-31(2,3)37-30(35)29(19-14-23-8-6-5-7-9-23)33-22-36-21-25-13-18-28(32)26(20-25)15-10-24-11-16-27(34)17-12-24/h5-9,11-13,16-18,20,29,33-34H,4,10,14-15,19,21-22,32H2,1-3H3. The van der Waals surface area contributed by atoms with Crippen LogP contribution >= 0.6 is 0 Å². The van der Waals surface area contributed by atoms with Crippen molar-refractivity contribution in [3.63, 3.8) is 0 Å². The summed E-state index contributed by atoms with van der Waals surface area (Å²) < 4.78 is 11.7. The molecule has 0 spiro atoms. The molecule has 3 aromatic carbocycles. The van der Waals surface area contributed by atoms with E-state index in [0.29, 0.717) is 13.0 Å². The van der Waals surface area contributed by atoms with Crippen molar-refractivity contribution in [2.45, 2.75) is 71.1 Å². The second-order valence-corrected chi connectivity index (χ2v) is 10.0. The van der Waals surface area contributed by atoms with Crippen LogP contribution in [0.1, 0.15) is 55.9 Å². The summed E-state index contributed by atoms with van der Waals surface area (Å²) in [5.41, 5.74) is 10.9. The highest BCUT2D eigenvalue weighted by molar-refractivity contribution is 5.76. The minimum Gasteiger partial charge on any atom is -0.508 e. The average molecular weight is 505 g/mol. The van der Waals surface area contributed by atoms with E-state index in [0.717, 1.165) is 48.1 Å². The number of hydrogen-bond donors (Lipinski definition) is 3. The minimum atomic E-state index is -0.509. The molecule has 1 atom stereocenters. The first kappa shape index (κ1) is 28.2. The summed E-state index contributed by atoms with van der Waals surface area (Å²) >= 11 is 0. The molecule has 0 saturated carbocycles. The third-order valence-electron chi connectivity index (χ3n) is 6.60. The number of rotatable bonds is 14. The zero-order valence-electron chi connectivity index (χ0n) is 22.2. The van der Waals surface area contributed by atoms with Crippen LogP contribution in [0, 0.1) is 0 Å². The Kier molecular flexibility index (Phi) is 10.5. The van der Waals surface area contributed by atoms with Crippen molar-refractivity contribution in [3.8, 4) is 5.75 Å². The number of nitrogens with two attached hydrogens (primary N) is 1. The third-order valence-corrected chi connectivity index (χ3v) is 6.60. The molecular formula is C31H40N2O4. The van der Waals surface area contributed by atoms with E-state index in [1.807, 2.05) is 63.2 Å². The predicted molar refractivity (Wildman–Crippen MR) is 148 cm³/mol. The molecule has 3 aromatic rings. The van der Waals surface area contributed by atoms with Gasteiger partial charge in [0.2, 0.25) is 0 Å². The van der Waals surface area contributed by atoms with Gasteiger partial charge in [-0.15, -0.1) is 0 Å². The number of phenols is 1. The van der Waals surface area contributed by atoms with Crippen molar-refractivity contribution in [2.24, 2.45) is 0 Å². The fourth-order valence-corrected chi connectivity index (χ4v) is 3.91. The SMILES string of the molecule is CCC(C)(C)OC(=O)C(CCc1ccccc1)NCOCc1ccc(N)c(CCc2ccc(O)cc2)c1. The van der Waals surface area contributed by atoms with Crippen LogP contribution in [0.4, 0.5) is 5.69 Å². The number of benzene rings is 3. The number of carbonyl (C=O) groups is 1. The highest BCUT2D eigenvalue weighted by Gasteiger charge is 2.26. The second kappa shape index (κ2) is 13.8. The molecule has 0 saturated heterocycles. The van der Waals surface area contributed by atoms with E-state index in [2.05, 4.69) is 23.5 Å². The Labute approximate surface area is 220 Å². The van der Waals surface area contributed by atoms with Gasteiger partial charge in [-0.25, -0.2) is 0 Å². The van der Waals surface area contributed by atoms with Gasteiger partial charge in [-0.1, -0.05) is 61.5 Å². The van der Waals surface area contributed by atoms with Crippen molar-refractivity contribution in [3.05, 3.63) is 95.1 Å². The molecule has 0 aliphatic heterocycles. The summed E-state index contributed by atoms with van der Waals surface area (Å²) in [4.78, 5) is 12.9. The van der Waals surface area contributed by atoms with Gasteiger partial charge in [0.1, 0.15) is 17.4 Å². The molecule has 0 radical (unpaired) electrons. The van der Waals surface area contributed by atoms with Crippen LogP contribution in [0.3, 0.4) is 0 Å². The maximum atomic E-state index is 12.9. The van der Waals surface area contributed by atoms with Crippen LogP contribution in [-0.4, -0.2) is 29.4 Å². The molecule has 4 N–H and O–H groups in total. The Bertz CT molecular complexity index is 1110. The smallest absolute Gasteiger partial charge is 0.323 e. The predicted octanol–water partition coefficient (Wildman–Crippen LogP) is 5.56. The molecule has 37 heavy (non-hydrogen) atoms. The highest BCUT2D eigenvalue weighted by atomic mass is 16.6. The average Bonchev–Trinajstić information content (AvgIpc) is 2.89. The molecule has 0 aromatic heterocycles. The number of nitrogens with one attached hydrogen (secondary N) is 1. The number of esters is 1. The Balaban J connectivity index is 1.53. The number of anilines is 1. The molecule has 0 aliphatic rings. The molecule has 0 aliphatic carbocycles. The molecule has 1 unspecified atom stereocenters. The zero-order chi connectivity index (χ0) is 26.7. The van der Waals surface area contributed by atoms with E-state index in [9.17, 15) is 9.90 Å². The van der Waals surface area contributed by atoms with Gasteiger partial charge in [0.25, 0.3) is 0 Å². The van der Waals surface area contributed by atoms with Crippen molar-refractivity contribution >= 4 is 11.7 Å². The van der Waals surface area contributed by atoms with Gasteiger partial charge in [-0.3, -0.25) is 10.1 Å². The number of hydrogen-bond acceptors (Lipinski definition) is 6. The molecule has 0 bridgehead atoms. The van der Waals surface area contributed by atoms with Crippen molar-refractivity contribution in [1.29, 1.82) is 0 Å².